The van der Waals surface area contributed by atoms with Gasteiger partial charge in [0.15, 0.2) is 5.78 Å². The average molecular weight is 326 g/mol. The van der Waals surface area contributed by atoms with Gasteiger partial charge in [-0.05, 0) is 40.0 Å². The maximum Gasteiger partial charge on any atom is 0.223 e. The summed E-state index contributed by atoms with van der Waals surface area (Å²) in [5.41, 5.74) is 0.583. The number of hydrogen-bond donors (Lipinski definition) is 0. The Morgan fingerprint density at radius 2 is 2.26 bits per heavy atom. The minimum absolute atomic E-state index is 0.0502. The van der Waals surface area contributed by atoms with Gasteiger partial charge in [0.1, 0.15) is 5.75 Å². The first kappa shape index (κ1) is 14.1. The number of carbonyl (C=O) groups excluding carboxylic acids is 2. The molecule has 1 aromatic carbocycles. The van der Waals surface area contributed by atoms with Crippen LogP contribution in [0.25, 0.3) is 0 Å². The van der Waals surface area contributed by atoms with Gasteiger partial charge in [-0.3, -0.25) is 9.59 Å². The third kappa shape index (κ3) is 3.15. The molecule has 1 amide bonds. The number of rotatable bonds is 4. The Bertz CT molecular complexity index is 515. The third-order valence-corrected chi connectivity index (χ3v) is 3.84. The highest BCUT2D eigenvalue weighted by atomic mass is 79.9. The first-order valence-corrected chi connectivity index (χ1v) is 6.95. The van der Waals surface area contributed by atoms with Gasteiger partial charge in [-0.2, -0.15) is 0 Å². The minimum Gasteiger partial charge on any atom is -0.496 e. The van der Waals surface area contributed by atoms with E-state index < -0.39 is 0 Å². The molecule has 1 aromatic rings. The number of benzene rings is 1. The van der Waals surface area contributed by atoms with Crippen LogP contribution < -0.4 is 4.74 Å². The van der Waals surface area contributed by atoms with E-state index in [1.165, 1.54) is 0 Å². The maximum absolute atomic E-state index is 12.1. The SMILES string of the molecule is COc1ccc(C(=O)CN2CC(C)CC2=O)cc1Br. The van der Waals surface area contributed by atoms with Crippen molar-refractivity contribution in [1.29, 1.82) is 0 Å². The van der Waals surface area contributed by atoms with E-state index in [2.05, 4.69) is 15.9 Å². The lowest BCUT2D eigenvalue weighted by atomic mass is 10.1. The van der Waals surface area contributed by atoms with Crippen LogP contribution in [0.4, 0.5) is 0 Å². The van der Waals surface area contributed by atoms with Crippen LogP contribution in [-0.4, -0.2) is 36.8 Å². The lowest BCUT2D eigenvalue weighted by Crippen LogP contribution is -2.31. The van der Waals surface area contributed by atoms with Gasteiger partial charge in [0.2, 0.25) is 5.91 Å². The highest BCUT2D eigenvalue weighted by molar-refractivity contribution is 9.10. The number of amides is 1. The number of likely N-dealkylation sites (tertiary alicyclic amines) is 1. The molecule has 0 N–H and O–H groups in total. The molecule has 0 radical (unpaired) electrons. The maximum atomic E-state index is 12.1. The molecule has 1 fully saturated rings. The summed E-state index contributed by atoms with van der Waals surface area (Å²) >= 11 is 3.35. The van der Waals surface area contributed by atoms with E-state index in [1.54, 1.807) is 30.2 Å². The standard InChI is InChI=1S/C14H16BrNO3/c1-9-5-14(18)16(7-9)8-12(17)10-3-4-13(19-2)11(15)6-10/h3-4,6,9H,5,7-8H2,1-2H3. The van der Waals surface area contributed by atoms with Crippen LogP contribution in [0.5, 0.6) is 5.75 Å². The van der Waals surface area contributed by atoms with E-state index in [9.17, 15) is 9.59 Å². The number of hydrogen-bond acceptors (Lipinski definition) is 3. The Morgan fingerprint density at radius 3 is 2.79 bits per heavy atom. The third-order valence-electron chi connectivity index (χ3n) is 3.22. The van der Waals surface area contributed by atoms with Gasteiger partial charge in [-0.1, -0.05) is 6.92 Å². The Balaban J connectivity index is 2.08. The van der Waals surface area contributed by atoms with Gasteiger partial charge in [0.05, 0.1) is 18.1 Å². The summed E-state index contributed by atoms with van der Waals surface area (Å²) in [4.78, 5) is 25.4. The zero-order valence-corrected chi connectivity index (χ0v) is 12.6. The van der Waals surface area contributed by atoms with E-state index in [-0.39, 0.29) is 18.2 Å². The van der Waals surface area contributed by atoms with Crippen molar-refractivity contribution >= 4 is 27.6 Å². The van der Waals surface area contributed by atoms with E-state index in [4.69, 9.17) is 4.74 Å². The Hall–Kier alpha value is -1.36. The molecule has 0 aromatic heterocycles. The molecular weight excluding hydrogens is 310 g/mol. The van der Waals surface area contributed by atoms with Crippen molar-refractivity contribution in [3.63, 3.8) is 0 Å². The molecule has 5 heteroatoms. The van der Waals surface area contributed by atoms with Crippen LogP contribution in [0.1, 0.15) is 23.7 Å². The van der Waals surface area contributed by atoms with Crippen LogP contribution in [0.3, 0.4) is 0 Å². The fraction of sp³-hybridized carbons (Fsp3) is 0.429. The molecule has 1 saturated heterocycles. The van der Waals surface area contributed by atoms with Gasteiger partial charge >= 0.3 is 0 Å². The second-order valence-corrected chi connectivity index (χ2v) is 5.71. The predicted molar refractivity (Wildman–Crippen MR) is 75.4 cm³/mol. The largest absolute Gasteiger partial charge is 0.496 e. The highest BCUT2D eigenvalue weighted by Gasteiger charge is 2.28. The summed E-state index contributed by atoms with van der Waals surface area (Å²) < 4.78 is 5.86. The zero-order valence-electron chi connectivity index (χ0n) is 11.0. The molecule has 0 spiro atoms. The van der Waals surface area contributed by atoms with Crippen molar-refractivity contribution in [3.05, 3.63) is 28.2 Å². The molecule has 1 atom stereocenters. The van der Waals surface area contributed by atoms with Gasteiger partial charge in [0.25, 0.3) is 0 Å². The Morgan fingerprint density at radius 1 is 1.53 bits per heavy atom. The molecule has 0 bridgehead atoms. The second-order valence-electron chi connectivity index (χ2n) is 4.86. The monoisotopic (exact) mass is 325 g/mol. The number of halogens is 1. The summed E-state index contributed by atoms with van der Waals surface area (Å²) in [6.07, 6.45) is 0.541. The normalized spacial score (nSPS) is 18.8. The second kappa shape index (κ2) is 5.74. The van der Waals surface area contributed by atoms with Gasteiger partial charge < -0.3 is 9.64 Å². The lowest BCUT2D eigenvalue weighted by molar-refractivity contribution is -0.127. The molecule has 1 aliphatic rings. The first-order chi connectivity index (χ1) is 9.01. The summed E-state index contributed by atoms with van der Waals surface area (Å²) in [5, 5.41) is 0. The lowest BCUT2D eigenvalue weighted by Gasteiger charge is -2.15. The van der Waals surface area contributed by atoms with Crippen LogP contribution in [0, 0.1) is 5.92 Å². The van der Waals surface area contributed by atoms with Gasteiger partial charge in [-0.25, -0.2) is 0 Å². The van der Waals surface area contributed by atoms with E-state index in [0.717, 1.165) is 4.47 Å². The van der Waals surface area contributed by atoms with Crippen molar-refractivity contribution < 1.29 is 14.3 Å². The topological polar surface area (TPSA) is 46.6 Å². The van der Waals surface area contributed by atoms with Crippen molar-refractivity contribution in [2.75, 3.05) is 20.2 Å². The molecule has 1 unspecified atom stereocenters. The molecule has 1 heterocycles. The molecule has 19 heavy (non-hydrogen) atoms. The molecule has 102 valence electrons. The fourth-order valence-electron chi connectivity index (χ4n) is 2.23. The summed E-state index contributed by atoms with van der Waals surface area (Å²) in [6.45, 7) is 2.84. The Kier molecular flexibility index (Phi) is 4.24. The van der Waals surface area contributed by atoms with E-state index in [0.29, 0.717) is 30.2 Å². The van der Waals surface area contributed by atoms with E-state index in [1.807, 2.05) is 6.92 Å². The van der Waals surface area contributed by atoms with Crippen molar-refractivity contribution in [2.24, 2.45) is 5.92 Å². The molecular formula is C14H16BrNO3. The smallest absolute Gasteiger partial charge is 0.223 e. The average Bonchev–Trinajstić information content (AvgIpc) is 2.67. The number of ketones is 1. The fourth-order valence-corrected chi connectivity index (χ4v) is 2.77. The molecule has 2 rings (SSSR count). The molecule has 0 saturated carbocycles. The van der Waals surface area contributed by atoms with Crippen LogP contribution in [-0.2, 0) is 4.79 Å². The zero-order chi connectivity index (χ0) is 14.0. The highest BCUT2D eigenvalue weighted by Crippen LogP contribution is 2.26. The first-order valence-electron chi connectivity index (χ1n) is 6.15. The van der Waals surface area contributed by atoms with Crippen molar-refractivity contribution in [1.82, 2.24) is 4.90 Å². The van der Waals surface area contributed by atoms with Crippen LogP contribution >= 0.6 is 15.9 Å². The molecule has 4 nitrogen and oxygen atoms in total. The minimum atomic E-state index is -0.0502. The van der Waals surface area contributed by atoms with Gasteiger partial charge in [0, 0.05) is 18.5 Å². The number of ether oxygens (including phenoxy) is 1. The van der Waals surface area contributed by atoms with Crippen LogP contribution in [0.15, 0.2) is 22.7 Å². The van der Waals surface area contributed by atoms with E-state index >= 15 is 0 Å². The number of methoxy groups -OCH3 is 1. The number of nitrogens with zero attached hydrogens (tertiary/aromatic N) is 1. The number of carbonyl (C=O) groups is 2. The predicted octanol–water partition coefficient (Wildman–Crippen LogP) is 2.51. The van der Waals surface area contributed by atoms with Crippen molar-refractivity contribution in [3.8, 4) is 5.75 Å². The van der Waals surface area contributed by atoms with Crippen molar-refractivity contribution in [2.45, 2.75) is 13.3 Å². The molecule has 1 aliphatic heterocycles. The Labute approximate surface area is 120 Å². The van der Waals surface area contributed by atoms with Crippen LogP contribution in [0.2, 0.25) is 0 Å². The summed E-state index contributed by atoms with van der Waals surface area (Å²) in [7, 11) is 1.58. The quantitative estimate of drug-likeness (QED) is 0.799. The summed E-state index contributed by atoms with van der Waals surface area (Å²) in [6, 6.07) is 5.19. The van der Waals surface area contributed by atoms with Gasteiger partial charge in [-0.15, -0.1) is 0 Å². The number of Topliss-reactive ketones (excluding diaryl/α,β-unsaturated/α-hetero) is 1. The summed E-state index contributed by atoms with van der Waals surface area (Å²) in [5.74, 6) is 1.03. The molecule has 0 aliphatic carbocycles.